The Balaban J connectivity index is 1.61. The molecular formula is C34H24N2O4. The summed E-state index contributed by atoms with van der Waals surface area (Å²) >= 11 is 0. The molecule has 0 bridgehead atoms. The van der Waals surface area contributed by atoms with Crippen LogP contribution in [-0.2, 0) is 0 Å². The lowest BCUT2D eigenvalue weighted by atomic mass is 9.89. The summed E-state index contributed by atoms with van der Waals surface area (Å²) in [4.78, 5) is 8.82. The monoisotopic (exact) mass is 524 g/mol. The Morgan fingerprint density at radius 1 is 0.450 bits per heavy atom. The van der Waals surface area contributed by atoms with E-state index < -0.39 is 0 Å². The summed E-state index contributed by atoms with van der Waals surface area (Å²) in [6.07, 6.45) is 3.01. The number of phenols is 4. The molecule has 0 aliphatic carbocycles. The van der Waals surface area contributed by atoms with Crippen LogP contribution in [0, 0.1) is 0 Å². The van der Waals surface area contributed by atoms with Gasteiger partial charge in [-0.1, -0.05) is 72.8 Å². The summed E-state index contributed by atoms with van der Waals surface area (Å²) in [6, 6.07) is 32.3. The fourth-order valence-corrected chi connectivity index (χ4v) is 4.84. The van der Waals surface area contributed by atoms with Gasteiger partial charge >= 0.3 is 0 Å². The predicted octanol–water partition coefficient (Wildman–Crippen LogP) is 7.98. The van der Waals surface area contributed by atoms with Crippen LogP contribution < -0.4 is 0 Å². The minimum Gasteiger partial charge on any atom is -0.507 e. The van der Waals surface area contributed by atoms with Gasteiger partial charge in [-0.2, -0.15) is 0 Å². The zero-order valence-corrected chi connectivity index (χ0v) is 21.2. The van der Waals surface area contributed by atoms with E-state index in [0.29, 0.717) is 33.6 Å². The molecule has 0 saturated carbocycles. The second-order valence-corrected chi connectivity index (χ2v) is 9.31. The first-order chi connectivity index (χ1) is 19.5. The third-order valence-electron chi connectivity index (χ3n) is 6.80. The number of hydrogen-bond donors (Lipinski definition) is 4. The van der Waals surface area contributed by atoms with Gasteiger partial charge in [-0.25, -0.2) is 0 Å². The molecule has 40 heavy (non-hydrogen) atoms. The summed E-state index contributed by atoms with van der Waals surface area (Å²) < 4.78 is 0. The van der Waals surface area contributed by atoms with Crippen molar-refractivity contribution in [2.45, 2.75) is 0 Å². The number of aromatic hydroxyl groups is 4. The first-order valence-corrected chi connectivity index (χ1v) is 12.6. The molecule has 194 valence electrons. The smallest absolute Gasteiger partial charge is 0.141 e. The van der Waals surface area contributed by atoms with Crippen LogP contribution in [0.2, 0.25) is 0 Å². The van der Waals surface area contributed by atoms with Gasteiger partial charge in [0, 0.05) is 34.7 Å². The van der Waals surface area contributed by atoms with Crippen molar-refractivity contribution in [1.29, 1.82) is 0 Å². The highest BCUT2D eigenvalue weighted by Crippen LogP contribution is 2.47. The van der Waals surface area contributed by atoms with E-state index in [1.807, 2.05) is 60.7 Å². The maximum atomic E-state index is 11.7. The van der Waals surface area contributed by atoms with E-state index in [2.05, 4.69) is 9.98 Å². The maximum Gasteiger partial charge on any atom is 0.141 e. The first-order valence-electron chi connectivity index (χ1n) is 12.6. The molecule has 0 aliphatic rings. The lowest BCUT2D eigenvalue weighted by Crippen LogP contribution is -1.94. The zero-order chi connectivity index (χ0) is 27.6. The van der Waals surface area contributed by atoms with Gasteiger partial charge in [-0.05, 0) is 57.9 Å². The van der Waals surface area contributed by atoms with Gasteiger partial charge in [0.1, 0.15) is 34.4 Å². The zero-order valence-electron chi connectivity index (χ0n) is 21.2. The molecule has 0 amide bonds. The molecule has 4 N–H and O–H groups in total. The van der Waals surface area contributed by atoms with E-state index in [0.717, 1.165) is 21.5 Å². The third kappa shape index (κ3) is 4.48. The van der Waals surface area contributed by atoms with Gasteiger partial charge in [0.2, 0.25) is 0 Å². The predicted molar refractivity (Wildman–Crippen MR) is 161 cm³/mol. The van der Waals surface area contributed by atoms with Crippen molar-refractivity contribution < 1.29 is 20.4 Å². The quantitative estimate of drug-likeness (QED) is 0.172. The molecule has 0 heterocycles. The second kappa shape index (κ2) is 10.3. The van der Waals surface area contributed by atoms with Gasteiger partial charge in [-0.15, -0.1) is 0 Å². The highest BCUT2D eigenvalue weighted by Gasteiger charge is 2.21. The van der Waals surface area contributed by atoms with Crippen molar-refractivity contribution in [2.75, 3.05) is 0 Å². The summed E-state index contributed by atoms with van der Waals surface area (Å²) in [5.41, 5.74) is 2.48. The van der Waals surface area contributed by atoms with Crippen molar-refractivity contribution in [3.05, 3.63) is 120 Å². The summed E-state index contributed by atoms with van der Waals surface area (Å²) in [5.74, 6) is -0.0695. The van der Waals surface area contributed by atoms with Crippen molar-refractivity contribution in [1.82, 2.24) is 0 Å². The lowest BCUT2D eigenvalue weighted by Gasteiger charge is -2.17. The number of rotatable bonds is 5. The van der Waals surface area contributed by atoms with Gasteiger partial charge in [0.15, 0.2) is 0 Å². The topological polar surface area (TPSA) is 106 Å². The molecule has 6 nitrogen and oxygen atoms in total. The molecular weight excluding hydrogens is 500 g/mol. The van der Waals surface area contributed by atoms with Crippen LogP contribution in [0.1, 0.15) is 11.1 Å². The number of hydrogen-bond acceptors (Lipinski definition) is 6. The van der Waals surface area contributed by atoms with Gasteiger partial charge < -0.3 is 20.4 Å². The normalized spacial score (nSPS) is 11.7. The van der Waals surface area contributed by atoms with E-state index in [1.54, 1.807) is 48.5 Å². The van der Waals surface area contributed by atoms with Crippen LogP contribution in [0.25, 0.3) is 32.7 Å². The number of fused-ring (bicyclic) bond motifs is 2. The van der Waals surface area contributed by atoms with Crippen LogP contribution in [0.15, 0.2) is 119 Å². The lowest BCUT2D eigenvalue weighted by molar-refractivity contribution is 0.469. The Morgan fingerprint density at radius 2 is 0.825 bits per heavy atom. The Morgan fingerprint density at radius 3 is 1.25 bits per heavy atom. The van der Waals surface area contributed by atoms with Crippen molar-refractivity contribution >= 4 is 45.3 Å². The minimum absolute atomic E-state index is 0.0272. The fourth-order valence-electron chi connectivity index (χ4n) is 4.84. The van der Waals surface area contributed by atoms with E-state index in [4.69, 9.17) is 0 Å². The van der Waals surface area contributed by atoms with Crippen molar-refractivity contribution in [2.24, 2.45) is 9.98 Å². The Labute approximate surface area is 230 Å². The van der Waals surface area contributed by atoms with E-state index in [-0.39, 0.29) is 23.0 Å². The minimum atomic E-state index is -0.0619. The van der Waals surface area contributed by atoms with Gasteiger partial charge in [-0.3, -0.25) is 9.98 Å². The first kappa shape index (κ1) is 24.7. The third-order valence-corrected chi connectivity index (χ3v) is 6.80. The van der Waals surface area contributed by atoms with Crippen LogP contribution >= 0.6 is 0 Å². The molecule has 0 fully saturated rings. The Hall–Kier alpha value is -5.62. The van der Waals surface area contributed by atoms with Crippen LogP contribution in [0.5, 0.6) is 23.0 Å². The largest absolute Gasteiger partial charge is 0.507 e. The van der Waals surface area contributed by atoms with Crippen molar-refractivity contribution in [3.63, 3.8) is 0 Å². The average molecular weight is 525 g/mol. The molecule has 0 aliphatic heterocycles. The van der Waals surface area contributed by atoms with Crippen LogP contribution in [-0.4, -0.2) is 32.9 Å². The van der Waals surface area contributed by atoms with Crippen molar-refractivity contribution in [3.8, 4) is 34.1 Å². The van der Waals surface area contributed by atoms with Crippen LogP contribution in [0.3, 0.4) is 0 Å². The number of nitrogens with zero attached hydrogens (tertiary/aromatic N) is 2. The number of para-hydroxylation sites is 4. The Kier molecular flexibility index (Phi) is 6.34. The molecule has 0 unspecified atom stereocenters. The van der Waals surface area contributed by atoms with Crippen LogP contribution in [0.4, 0.5) is 11.4 Å². The molecule has 0 radical (unpaired) electrons. The molecule has 0 aromatic heterocycles. The average Bonchev–Trinajstić information content (AvgIpc) is 2.97. The number of benzene rings is 6. The summed E-state index contributed by atoms with van der Waals surface area (Å²) in [6.45, 7) is 0. The molecule has 6 aromatic carbocycles. The van der Waals surface area contributed by atoms with Gasteiger partial charge in [0.25, 0.3) is 0 Å². The number of aliphatic imine (C=N–C) groups is 2. The Bertz CT molecular complexity index is 1820. The van der Waals surface area contributed by atoms with E-state index >= 15 is 0 Å². The molecule has 6 heteroatoms. The van der Waals surface area contributed by atoms with Gasteiger partial charge in [0.05, 0.1) is 0 Å². The van der Waals surface area contributed by atoms with E-state index in [1.165, 1.54) is 12.4 Å². The van der Waals surface area contributed by atoms with E-state index in [9.17, 15) is 20.4 Å². The fraction of sp³-hybridized carbons (Fsp3) is 0. The summed E-state index contributed by atoms with van der Waals surface area (Å²) in [7, 11) is 0. The standard InChI is InChI=1S/C34H24N2O4/c37-29-15-7-5-13-27(29)35-19-23-17-21-9-1-3-11-25(21)31(33(23)39)32-26-12-4-2-10-22(26)18-24(34(32)40)20-36-28-14-6-8-16-30(28)38/h1-20,37-40H/b35-19+,36-20+. The highest BCUT2D eigenvalue weighted by atomic mass is 16.3. The molecule has 0 spiro atoms. The molecule has 0 atom stereocenters. The second-order valence-electron chi connectivity index (χ2n) is 9.31. The molecule has 6 aromatic rings. The maximum absolute atomic E-state index is 11.7. The SMILES string of the molecule is Oc1ccccc1/N=C/c1cc2ccccc2c(-c2c(O)c(/C=N/c3ccccc3O)cc3ccccc23)c1O. The summed E-state index contributed by atoms with van der Waals surface area (Å²) in [5, 5.41) is 46.8. The molecule has 0 saturated heterocycles. The highest BCUT2D eigenvalue weighted by molar-refractivity contribution is 6.14. The molecule has 6 rings (SSSR count). The number of phenolic OH excluding ortho intramolecular Hbond substituents is 4.